The summed E-state index contributed by atoms with van der Waals surface area (Å²) in [5.41, 5.74) is 1.87. The highest BCUT2D eigenvalue weighted by Crippen LogP contribution is 2.15. The molecule has 0 saturated heterocycles. The number of methoxy groups -OCH3 is 2. The van der Waals surface area contributed by atoms with Gasteiger partial charge in [0, 0.05) is 5.56 Å². The second-order valence-electron chi connectivity index (χ2n) is 5.75. The van der Waals surface area contributed by atoms with Crippen molar-refractivity contribution in [1.29, 1.82) is 0 Å². The number of ether oxygens (including phenoxy) is 2. The molecule has 1 amide bonds. The molecule has 0 fully saturated rings. The molecule has 0 aliphatic carbocycles. The van der Waals surface area contributed by atoms with Crippen LogP contribution in [0.3, 0.4) is 0 Å². The van der Waals surface area contributed by atoms with Crippen LogP contribution in [-0.2, 0) is 16.1 Å². The number of benzene rings is 2. The molecule has 132 valence electrons. The predicted molar refractivity (Wildman–Crippen MR) is 94.9 cm³/mol. The smallest absolute Gasteiger partial charge is 0.339 e. The van der Waals surface area contributed by atoms with Gasteiger partial charge in [-0.2, -0.15) is 0 Å². The second-order valence-corrected chi connectivity index (χ2v) is 5.75. The van der Waals surface area contributed by atoms with Crippen molar-refractivity contribution in [2.24, 2.45) is 0 Å². The molecule has 1 unspecified atom stereocenters. The van der Waals surface area contributed by atoms with Crippen molar-refractivity contribution in [3.63, 3.8) is 0 Å². The van der Waals surface area contributed by atoms with Gasteiger partial charge in [-0.15, -0.1) is 0 Å². The van der Waals surface area contributed by atoms with Crippen LogP contribution >= 0.6 is 0 Å². The summed E-state index contributed by atoms with van der Waals surface area (Å²) in [4.78, 5) is 25.1. The molecular weight excluding hydrogens is 320 g/mol. The third-order valence-electron chi connectivity index (χ3n) is 3.71. The van der Waals surface area contributed by atoms with Crippen molar-refractivity contribution >= 4 is 17.6 Å². The van der Waals surface area contributed by atoms with Crippen LogP contribution in [0.2, 0.25) is 0 Å². The van der Waals surface area contributed by atoms with Gasteiger partial charge in [0.1, 0.15) is 12.3 Å². The Balaban J connectivity index is 1.97. The first kappa shape index (κ1) is 18.5. The van der Waals surface area contributed by atoms with Crippen molar-refractivity contribution in [1.82, 2.24) is 0 Å². The number of nitrogens with one attached hydrogen (secondary N) is 2. The first-order valence-electron chi connectivity index (χ1n) is 7.95. The normalized spacial score (nSPS) is 11.5. The first-order valence-corrected chi connectivity index (χ1v) is 7.95. The number of hydrogen-bond acceptors (Lipinski definition) is 4. The molecule has 2 aromatic rings. The zero-order valence-corrected chi connectivity index (χ0v) is 14.7. The van der Waals surface area contributed by atoms with Gasteiger partial charge in [0.15, 0.2) is 6.54 Å². The fourth-order valence-corrected chi connectivity index (χ4v) is 2.54. The maximum Gasteiger partial charge on any atom is 0.339 e. The van der Waals surface area contributed by atoms with Gasteiger partial charge >= 0.3 is 5.97 Å². The molecular formula is C19H23N2O4+. The van der Waals surface area contributed by atoms with Crippen LogP contribution in [0.4, 0.5) is 5.69 Å². The molecule has 0 spiro atoms. The molecule has 0 aliphatic heterocycles. The lowest BCUT2D eigenvalue weighted by Gasteiger charge is -2.15. The van der Waals surface area contributed by atoms with E-state index in [0.29, 0.717) is 17.8 Å². The largest absolute Gasteiger partial charge is 0.497 e. The molecule has 1 atom stereocenters. The number of amides is 1. The quantitative estimate of drug-likeness (QED) is 0.740. The highest BCUT2D eigenvalue weighted by Gasteiger charge is 2.16. The van der Waals surface area contributed by atoms with E-state index in [1.807, 2.05) is 31.3 Å². The van der Waals surface area contributed by atoms with Crippen LogP contribution in [0.15, 0.2) is 48.5 Å². The number of hydrogen-bond donors (Lipinski definition) is 2. The van der Waals surface area contributed by atoms with Crippen LogP contribution < -0.4 is 15.0 Å². The van der Waals surface area contributed by atoms with Crippen LogP contribution in [0, 0.1) is 0 Å². The van der Waals surface area contributed by atoms with Crippen molar-refractivity contribution in [3.05, 3.63) is 59.7 Å². The minimum absolute atomic E-state index is 0.170. The molecule has 0 bridgehead atoms. The zero-order chi connectivity index (χ0) is 18.2. The van der Waals surface area contributed by atoms with Gasteiger partial charge in [-0.1, -0.05) is 24.3 Å². The molecule has 0 radical (unpaired) electrons. The highest BCUT2D eigenvalue weighted by molar-refractivity contribution is 6.01. The van der Waals surface area contributed by atoms with Gasteiger partial charge in [-0.25, -0.2) is 4.79 Å². The maximum atomic E-state index is 12.3. The van der Waals surface area contributed by atoms with E-state index in [2.05, 4.69) is 5.32 Å². The SMILES string of the molecule is COC(=O)c1ccccc1NC(=O)C[NH+](C)Cc1cccc(OC)c1. The van der Waals surface area contributed by atoms with E-state index in [0.717, 1.165) is 16.2 Å². The van der Waals surface area contributed by atoms with Gasteiger partial charge in [0.2, 0.25) is 0 Å². The van der Waals surface area contributed by atoms with Crippen molar-refractivity contribution in [3.8, 4) is 5.75 Å². The molecule has 0 saturated carbocycles. The average Bonchev–Trinajstić information content (AvgIpc) is 2.61. The van der Waals surface area contributed by atoms with E-state index in [1.165, 1.54) is 7.11 Å². The van der Waals surface area contributed by atoms with Crippen LogP contribution in [0.5, 0.6) is 5.75 Å². The molecule has 25 heavy (non-hydrogen) atoms. The van der Waals surface area contributed by atoms with Gasteiger partial charge in [-0.3, -0.25) is 4.79 Å². The monoisotopic (exact) mass is 343 g/mol. The number of carbonyl (C=O) groups excluding carboxylic acids is 2. The van der Waals surface area contributed by atoms with E-state index in [1.54, 1.807) is 31.4 Å². The van der Waals surface area contributed by atoms with Crippen molar-refractivity contribution < 1.29 is 24.0 Å². The van der Waals surface area contributed by atoms with Crippen molar-refractivity contribution in [2.75, 3.05) is 33.1 Å². The Morgan fingerprint density at radius 2 is 1.84 bits per heavy atom. The lowest BCUT2D eigenvalue weighted by molar-refractivity contribution is -0.885. The third kappa shape index (κ3) is 5.32. The predicted octanol–water partition coefficient (Wildman–Crippen LogP) is 1.14. The Bertz CT molecular complexity index is 746. The zero-order valence-electron chi connectivity index (χ0n) is 14.7. The molecule has 0 heterocycles. The summed E-state index contributed by atoms with van der Waals surface area (Å²) in [7, 11) is 4.88. The average molecular weight is 343 g/mol. The molecule has 2 aromatic carbocycles. The lowest BCUT2D eigenvalue weighted by Crippen LogP contribution is -3.08. The van der Waals surface area contributed by atoms with Crippen LogP contribution in [0.1, 0.15) is 15.9 Å². The van der Waals surface area contributed by atoms with E-state index >= 15 is 0 Å². The summed E-state index contributed by atoms with van der Waals surface area (Å²) >= 11 is 0. The van der Waals surface area contributed by atoms with Crippen molar-refractivity contribution in [2.45, 2.75) is 6.54 Å². The van der Waals surface area contributed by atoms with Crippen LogP contribution in [0.25, 0.3) is 0 Å². The summed E-state index contributed by atoms with van der Waals surface area (Å²) in [5.74, 6) is 0.145. The van der Waals surface area contributed by atoms with Gasteiger partial charge in [0.05, 0.1) is 32.5 Å². The Labute approximate surface area is 147 Å². The Hall–Kier alpha value is -2.86. The summed E-state index contributed by atoms with van der Waals surface area (Å²) in [6.45, 7) is 0.954. The summed E-state index contributed by atoms with van der Waals surface area (Å²) in [6, 6.07) is 14.5. The number of esters is 1. The lowest BCUT2D eigenvalue weighted by atomic mass is 10.1. The Kier molecular flexibility index (Phi) is 6.54. The van der Waals surface area contributed by atoms with E-state index in [-0.39, 0.29) is 12.5 Å². The molecule has 6 heteroatoms. The molecule has 2 N–H and O–H groups in total. The number of anilines is 1. The maximum absolute atomic E-state index is 12.3. The Morgan fingerprint density at radius 1 is 1.08 bits per heavy atom. The minimum Gasteiger partial charge on any atom is -0.497 e. The highest BCUT2D eigenvalue weighted by atomic mass is 16.5. The van der Waals surface area contributed by atoms with Gasteiger partial charge in [-0.05, 0) is 24.3 Å². The number of rotatable bonds is 7. The number of para-hydroxylation sites is 1. The fraction of sp³-hybridized carbons (Fsp3) is 0.263. The van der Waals surface area contributed by atoms with E-state index < -0.39 is 5.97 Å². The fourth-order valence-electron chi connectivity index (χ4n) is 2.54. The second kappa shape index (κ2) is 8.84. The van der Waals surface area contributed by atoms with E-state index in [9.17, 15) is 9.59 Å². The summed E-state index contributed by atoms with van der Waals surface area (Å²) in [6.07, 6.45) is 0. The molecule has 0 aliphatic rings. The number of likely N-dealkylation sites (N-methyl/N-ethyl adjacent to an activating group) is 1. The molecule has 2 rings (SSSR count). The Morgan fingerprint density at radius 3 is 2.56 bits per heavy atom. The third-order valence-corrected chi connectivity index (χ3v) is 3.71. The minimum atomic E-state index is -0.479. The topological polar surface area (TPSA) is 69.1 Å². The summed E-state index contributed by atoms with van der Waals surface area (Å²) < 4.78 is 9.94. The summed E-state index contributed by atoms with van der Waals surface area (Å²) in [5, 5.41) is 2.78. The first-order chi connectivity index (χ1) is 12.0. The number of quaternary nitrogens is 1. The standard InChI is InChI=1S/C19H22N2O4/c1-21(12-14-7-6-8-15(11-14)24-2)13-18(22)20-17-10-5-4-9-16(17)19(23)25-3/h4-11H,12-13H2,1-3H3,(H,20,22)/p+1. The van der Waals surface area contributed by atoms with Gasteiger partial charge in [0.25, 0.3) is 5.91 Å². The van der Waals surface area contributed by atoms with E-state index in [4.69, 9.17) is 9.47 Å². The number of carbonyl (C=O) groups is 2. The van der Waals surface area contributed by atoms with Gasteiger partial charge < -0.3 is 19.7 Å². The molecule has 6 nitrogen and oxygen atoms in total. The van der Waals surface area contributed by atoms with Crippen LogP contribution in [-0.4, -0.2) is 39.7 Å². The molecule has 0 aromatic heterocycles.